The standard InChI is InChI=1S/C91H72N4/c1-91(78-22-10-3-11-23-78)66-64-90(65-67-91)95(82-30-18-7-19-31-82)89-62-48-77(49-63-89)76-46-60-88(61-47-76)94(81-28-16-6-17-29-81)85-54-40-73(41-55-85)70-34-32-69(33-35-70)72-38-52-84(53-39-72)93(80-26-14-5-15-27-80)87-58-44-75(45-59-87)74-42-56-86(57-43-74)92(79-24-12-4-13-25-79)83-50-36-71(37-51-83)68-20-8-2-9-21-68/h2-42,44-66,74H,43,67H2,1H3. The Kier molecular flexibility index (Phi) is 16.9. The first-order valence-electron chi connectivity index (χ1n) is 33.0. The summed E-state index contributed by atoms with van der Waals surface area (Å²) in [6, 6.07) is 127. The minimum atomic E-state index is -0.0498. The molecule has 2 aliphatic rings. The quantitative estimate of drug-likeness (QED) is 0.0849. The van der Waals surface area contributed by atoms with E-state index in [-0.39, 0.29) is 11.3 Å². The van der Waals surface area contributed by atoms with Gasteiger partial charge in [-0.1, -0.05) is 262 Å². The summed E-state index contributed by atoms with van der Waals surface area (Å²) in [6.45, 7) is 2.32. The van der Waals surface area contributed by atoms with Crippen molar-refractivity contribution in [3.05, 3.63) is 411 Å². The van der Waals surface area contributed by atoms with E-state index in [0.717, 1.165) is 80.8 Å². The van der Waals surface area contributed by atoms with E-state index in [0.29, 0.717) is 0 Å². The molecule has 2 atom stereocenters. The number of anilines is 10. The van der Waals surface area contributed by atoms with E-state index in [4.69, 9.17) is 0 Å². The summed E-state index contributed by atoms with van der Waals surface area (Å²) in [6.07, 6.45) is 15.9. The molecule has 13 aromatic carbocycles. The Labute approximate surface area is 559 Å². The van der Waals surface area contributed by atoms with Gasteiger partial charge in [0.15, 0.2) is 0 Å². The average molecular weight is 1220 g/mol. The highest BCUT2D eigenvalue weighted by Gasteiger charge is 2.27. The summed E-state index contributed by atoms with van der Waals surface area (Å²) < 4.78 is 0. The predicted octanol–water partition coefficient (Wildman–Crippen LogP) is 25.0. The lowest BCUT2D eigenvalue weighted by molar-refractivity contribution is 0.595. The second-order valence-corrected chi connectivity index (χ2v) is 24.7. The van der Waals surface area contributed by atoms with Gasteiger partial charge < -0.3 is 19.6 Å². The summed E-state index contributed by atoms with van der Waals surface area (Å²) in [5.41, 5.74) is 25.5. The van der Waals surface area contributed by atoms with E-state index in [2.05, 4.69) is 415 Å². The third kappa shape index (κ3) is 12.9. The monoisotopic (exact) mass is 1220 g/mol. The lowest BCUT2D eigenvalue weighted by Gasteiger charge is -2.33. The zero-order valence-corrected chi connectivity index (χ0v) is 53.2. The molecule has 0 fully saturated rings. The molecule has 0 heterocycles. The van der Waals surface area contributed by atoms with Crippen molar-refractivity contribution in [2.24, 2.45) is 0 Å². The van der Waals surface area contributed by atoms with Crippen molar-refractivity contribution < 1.29 is 0 Å². The minimum Gasteiger partial charge on any atom is -0.311 e. The summed E-state index contributed by atoms with van der Waals surface area (Å²) in [7, 11) is 0. The topological polar surface area (TPSA) is 13.0 Å². The van der Waals surface area contributed by atoms with E-state index >= 15 is 0 Å². The van der Waals surface area contributed by atoms with Crippen LogP contribution < -0.4 is 19.6 Å². The molecule has 0 saturated carbocycles. The largest absolute Gasteiger partial charge is 0.311 e. The maximum Gasteiger partial charge on any atom is 0.0462 e. The van der Waals surface area contributed by atoms with Crippen LogP contribution in [0.3, 0.4) is 0 Å². The molecule has 2 unspecified atom stereocenters. The molecule has 4 heteroatoms. The third-order valence-electron chi connectivity index (χ3n) is 18.6. The molecular weight excluding hydrogens is 1150 g/mol. The van der Waals surface area contributed by atoms with Gasteiger partial charge in [0.25, 0.3) is 0 Å². The van der Waals surface area contributed by atoms with Gasteiger partial charge in [-0.3, -0.25) is 0 Å². The zero-order chi connectivity index (χ0) is 63.8. The fourth-order valence-electron chi connectivity index (χ4n) is 13.4. The molecule has 0 aromatic heterocycles. The molecular formula is C91H72N4. The zero-order valence-electron chi connectivity index (χ0n) is 53.2. The molecule has 4 nitrogen and oxygen atoms in total. The van der Waals surface area contributed by atoms with Crippen LogP contribution in [0.5, 0.6) is 0 Å². The third-order valence-corrected chi connectivity index (χ3v) is 18.6. The molecule has 0 saturated heterocycles. The Morgan fingerprint density at radius 3 is 0.832 bits per heavy atom. The molecule has 95 heavy (non-hydrogen) atoms. The van der Waals surface area contributed by atoms with Gasteiger partial charge in [-0.05, 0) is 202 Å². The number of benzene rings is 13. The van der Waals surface area contributed by atoms with Crippen LogP contribution in [-0.4, -0.2) is 0 Å². The maximum absolute atomic E-state index is 2.38. The molecule has 0 radical (unpaired) electrons. The number of hydrogen-bond donors (Lipinski definition) is 0. The number of nitrogens with zero attached hydrogens (tertiary/aromatic N) is 4. The lowest BCUT2D eigenvalue weighted by Crippen LogP contribution is -2.24. The van der Waals surface area contributed by atoms with Gasteiger partial charge in [0.05, 0.1) is 0 Å². The maximum atomic E-state index is 2.38. The summed E-state index contributed by atoms with van der Waals surface area (Å²) in [5, 5.41) is 0. The highest BCUT2D eigenvalue weighted by Crippen LogP contribution is 2.43. The molecule has 15 rings (SSSR count). The molecule has 0 amide bonds. The molecule has 456 valence electrons. The Bertz CT molecular complexity index is 4800. The van der Waals surface area contributed by atoms with Crippen LogP contribution in [0.1, 0.15) is 36.8 Å². The molecule has 0 aliphatic heterocycles. The highest BCUT2D eigenvalue weighted by molar-refractivity contribution is 5.83. The first kappa shape index (κ1) is 59.3. The van der Waals surface area contributed by atoms with Crippen molar-refractivity contribution >= 4 is 56.9 Å². The molecule has 13 aromatic rings. The molecule has 0 bridgehead atoms. The van der Waals surface area contributed by atoms with Crippen LogP contribution in [0.25, 0.3) is 44.5 Å². The van der Waals surface area contributed by atoms with Crippen molar-refractivity contribution in [3.8, 4) is 44.5 Å². The van der Waals surface area contributed by atoms with Crippen molar-refractivity contribution in [1.82, 2.24) is 0 Å². The van der Waals surface area contributed by atoms with E-state index in [1.807, 2.05) is 0 Å². The van der Waals surface area contributed by atoms with Crippen molar-refractivity contribution in [1.29, 1.82) is 0 Å². The van der Waals surface area contributed by atoms with Gasteiger partial charge in [-0.15, -0.1) is 0 Å². The van der Waals surface area contributed by atoms with Gasteiger partial charge in [0.2, 0.25) is 0 Å². The summed E-state index contributed by atoms with van der Waals surface area (Å²) >= 11 is 0. The fourth-order valence-corrected chi connectivity index (χ4v) is 13.4. The highest BCUT2D eigenvalue weighted by atomic mass is 15.2. The van der Waals surface area contributed by atoms with Gasteiger partial charge in [0, 0.05) is 79.6 Å². The van der Waals surface area contributed by atoms with E-state index < -0.39 is 0 Å². The van der Waals surface area contributed by atoms with Crippen molar-refractivity contribution in [3.63, 3.8) is 0 Å². The predicted molar refractivity (Wildman–Crippen MR) is 401 cm³/mol. The van der Waals surface area contributed by atoms with Crippen LogP contribution in [0.2, 0.25) is 0 Å². The van der Waals surface area contributed by atoms with E-state index in [1.165, 1.54) is 55.9 Å². The Morgan fingerprint density at radius 2 is 0.516 bits per heavy atom. The Hall–Kier alpha value is -12.0. The first-order chi connectivity index (χ1) is 46.9. The Morgan fingerprint density at radius 1 is 0.253 bits per heavy atom. The Balaban J connectivity index is 0.617. The van der Waals surface area contributed by atoms with Crippen molar-refractivity contribution in [2.75, 3.05) is 19.6 Å². The van der Waals surface area contributed by atoms with Crippen LogP contribution in [0, 0.1) is 0 Å². The van der Waals surface area contributed by atoms with Crippen LogP contribution in [0.15, 0.2) is 400 Å². The van der Waals surface area contributed by atoms with Crippen molar-refractivity contribution in [2.45, 2.75) is 31.1 Å². The van der Waals surface area contributed by atoms with E-state index in [1.54, 1.807) is 0 Å². The number of allylic oxidation sites excluding steroid dienone is 6. The summed E-state index contributed by atoms with van der Waals surface area (Å²) in [4.78, 5) is 9.40. The second kappa shape index (κ2) is 27.1. The molecule has 0 N–H and O–H groups in total. The normalized spacial score (nSPS) is 14.9. The average Bonchev–Trinajstić information content (AvgIpc) is 0.891. The smallest absolute Gasteiger partial charge is 0.0462 e. The van der Waals surface area contributed by atoms with Gasteiger partial charge in [0.1, 0.15) is 0 Å². The number of rotatable bonds is 18. The fraction of sp³-hybridized carbons (Fsp3) is 0.0549. The van der Waals surface area contributed by atoms with Crippen LogP contribution in [0.4, 0.5) is 56.9 Å². The first-order valence-corrected chi connectivity index (χ1v) is 33.0. The number of para-hydroxylation sites is 4. The number of hydrogen-bond acceptors (Lipinski definition) is 4. The van der Waals surface area contributed by atoms with E-state index in [9.17, 15) is 0 Å². The van der Waals surface area contributed by atoms with Gasteiger partial charge in [-0.2, -0.15) is 0 Å². The van der Waals surface area contributed by atoms with Crippen LogP contribution in [-0.2, 0) is 5.41 Å². The summed E-state index contributed by atoms with van der Waals surface area (Å²) in [5.74, 6) is 0.263. The van der Waals surface area contributed by atoms with Gasteiger partial charge >= 0.3 is 0 Å². The lowest BCUT2D eigenvalue weighted by atomic mass is 9.77. The SMILES string of the molecule is CC1(c2ccccc2)C=CC(N(c2ccccc2)c2ccc(-c3ccc(N(c4ccccc4)c4ccc(-c5ccc(-c6ccc(N(c7ccccc7)c7ccc(C8C=CC(N(c9ccccc9)c9ccc(-c%10ccccc%10)cc9)=CC8)cc7)cc6)cc5)cc4)cc3)cc2)=CC1. The molecule has 0 spiro atoms. The van der Waals surface area contributed by atoms with Gasteiger partial charge in [-0.25, -0.2) is 0 Å². The molecule has 2 aliphatic carbocycles. The minimum absolute atomic E-state index is 0.0498. The second-order valence-electron chi connectivity index (χ2n) is 24.7. The van der Waals surface area contributed by atoms with Crippen LogP contribution >= 0.6 is 0 Å².